The lowest BCUT2D eigenvalue weighted by Crippen LogP contribution is -2.49. The Morgan fingerprint density at radius 1 is 1.16 bits per heavy atom. The van der Waals surface area contributed by atoms with E-state index in [4.69, 9.17) is 10.5 Å². The molecule has 194 valence electrons. The van der Waals surface area contributed by atoms with Crippen LogP contribution in [0.2, 0.25) is 0 Å². The minimum absolute atomic E-state index is 0.0158. The molecule has 4 heterocycles. The number of aromatic nitrogens is 3. The first-order chi connectivity index (χ1) is 17.9. The molecule has 0 amide bonds. The topological polar surface area (TPSA) is 110 Å². The fourth-order valence-electron chi connectivity index (χ4n) is 5.80. The first-order valence-electron chi connectivity index (χ1n) is 12.7. The SMILES string of the molecule is C[C@H]1C[C@@H](C2C=CN=CC2Nc2ncc3ccc(-c4c(F)cc(C5COC5)cc4F)nn23)C[C@@H](N)[C@H]1O. The van der Waals surface area contributed by atoms with E-state index >= 15 is 8.78 Å². The number of imidazole rings is 1. The monoisotopic (exact) mass is 508 g/mol. The number of fused-ring (bicyclic) bond motifs is 1. The van der Waals surface area contributed by atoms with E-state index in [1.54, 1.807) is 29.0 Å². The van der Waals surface area contributed by atoms with E-state index in [0.29, 0.717) is 36.7 Å². The van der Waals surface area contributed by atoms with Gasteiger partial charge in [0.05, 0.1) is 48.3 Å². The summed E-state index contributed by atoms with van der Waals surface area (Å²) in [5.74, 6) is -0.395. The number of nitrogens with one attached hydrogen (secondary N) is 1. The molecule has 0 spiro atoms. The molecule has 1 aliphatic carbocycles. The molecule has 3 aromatic rings. The molecular formula is C27H30F2N6O2. The number of hydrogen-bond acceptors (Lipinski definition) is 7. The fraction of sp³-hybridized carbons (Fsp3) is 0.444. The van der Waals surface area contributed by atoms with Crippen molar-refractivity contribution in [2.45, 2.75) is 43.9 Å². The average molecular weight is 509 g/mol. The second kappa shape index (κ2) is 9.59. The number of anilines is 1. The molecule has 0 radical (unpaired) electrons. The van der Waals surface area contributed by atoms with Crippen molar-refractivity contribution >= 4 is 17.7 Å². The van der Waals surface area contributed by atoms with Crippen LogP contribution in [0.5, 0.6) is 0 Å². The zero-order chi connectivity index (χ0) is 25.7. The quantitative estimate of drug-likeness (QED) is 0.487. The number of aliphatic imine (C=N–C) groups is 1. The summed E-state index contributed by atoms with van der Waals surface area (Å²) in [5, 5.41) is 18.3. The Kier molecular flexibility index (Phi) is 6.26. The van der Waals surface area contributed by atoms with Crippen LogP contribution in [0, 0.1) is 29.4 Å². The zero-order valence-electron chi connectivity index (χ0n) is 20.5. The van der Waals surface area contributed by atoms with Gasteiger partial charge in [-0.3, -0.25) is 4.99 Å². The van der Waals surface area contributed by atoms with Crippen molar-refractivity contribution in [3.63, 3.8) is 0 Å². The lowest BCUT2D eigenvalue weighted by atomic mass is 9.70. The van der Waals surface area contributed by atoms with Crippen molar-refractivity contribution < 1.29 is 18.6 Å². The first-order valence-corrected chi connectivity index (χ1v) is 12.7. The van der Waals surface area contributed by atoms with Gasteiger partial charge in [-0.2, -0.15) is 9.61 Å². The first kappa shape index (κ1) is 24.1. The number of nitrogens with zero attached hydrogens (tertiary/aromatic N) is 4. The largest absolute Gasteiger partial charge is 0.391 e. The maximum absolute atomic E-state index is 15.1. The minimum Gasteiger partial charge on any atom is -0.391 e. The minimum atomic E-state index is -0.655. The van der Waals surface area contributed by atoms with Crippen LogP contribution in [0.1, 0.15) is 31.2 Å². The lowest BCUT2D eigenvalue weighted by Gasteiger charge is -2.41. The fourth-order valence-corrected chi connectivity index (χ4v) is 5.80. The third-order valence-electron chi connectivity index (χ3n) is 7.98. The van der Waals surface area contributed by atoms with Gasteiger partial charge in [-0.1, -0.05) is 13.0 Å². The summed E-state index contributed by atoms with van der Waals surface area (Å²) < 4.78 is 36.8. The normalized spacial score (nSPS) is 30.0. The summed E-state index contributed by atoms with van der Waals surface area (Å²) in [5.41, 5.74) is 7.52. The van der Waals surface area contributed by atoms with Crippen molar-refractivity contribution in [1.82, 2.24) is 14.6 Å². The van der Waals surface area contributed by atoms with Crippen LogP contribution >= 0.6 is 0 Å². The molecule has 6 atom stereocenters. The van der Waals surface area contributed by atoms with Crippen molar-refractivity contribution in [3.05, 3.63) is 59.9 Å². The number of rotatable bonds is 5. The molecule has 1 aromatic carbocycles. The molecule has 4 N–H and O–H groups in total. The predicted octanol–water partition coefficient (Wildman–Crippen LogP) is 3.52. The van der Waals surface area contributed by atoms with Gasteiger partial charge < -0.3 is 20.9 Å². The van der Waals surface area contributed by atoms with Gasteiger partial charge >= 0.3 is 0 Å². The Morgan fingerprint density at radius 2 is 1.95 bits per heavy atom. The molecule has 37 heavy (non-hydrogen) atoms. The lowest BCUT2D eigenvalue weighted by molar-refractivity contribution is 0.00822. The van der Waals surface area contributed by atoms with Crippen LogP contribution in [0.3, 0.4) is 0 Å². The summed E-state index contributed by atoms with van der Waals surface area (Å²) in [6.45, 7) is 2.97. The molecule has 8 nitrogen and oxygen atoms in total. The van der Waals surface area contributed by atoms with Crippen LogP contribution in [-0.2, 0) is 4.74 Å². The van der Waals surface area contributed by atoms with Crippen molar-refractivity contribution in [3.8, 4) is 11.3 Å². The summed E-state index contributed by atoms with van der Waals surface area (Å²) in [4.78, 5) is 8.81. The Bertz CT molecular complexity index is 1340. The molecule has 1 saturated carbocycles. The number of hydrogen-bond donors (Lipinski definition) is 3. The molecule has 2 aliphatic heterocycles. The molecule has 2 unspecified atom stereocenters. The molecule has 6 rings (SSSR count). The molecule has 10 heteroatoms. The van der Waals surface area contributed by atoms with E-state index < -0.39 is 17.7 Å². The number of aliphatic hydroxyl groups is 1. The molecule has 2 aromatic heterocycles. The number of nitrogens with two attached hydrogens (primary N) is 1. The summed E-state index contributed by atoms with van der Waals surface area (Å²) in [6.07, 6.45) is 8.40. The molecule has 1 saturated heterocycles. The van der Waals surface area contributed by atoms with Gasteiger partial charge in [-0.15, -0.1) is 0 Å². The molecule has 2 fully saturated rings. The Morgan fingerprint density at radius 3 is 2.65 bits per heavy atom. The standard InChI is InChI=1S/C27H30F2N6O2/c1-14-6-16(9-22(30)26(14)36)19-4-5-31-11-24(19)33-27-32-10-18-2-3-23(34-35(18)27)25-20(28)7-15(8-21(25)29)17-12-37-13-17/h2-5,7-8,10-11,14,16-17,19,22,24,26,36H,6,9,12-13,30H2,1H3,(H,32,33)/t14-,16+,19?,22+,24?,26-/m0/s1. The van der Waals surface area contributed by atoms with Crippen LogP contribution in [-0.4, -0.2) is 57.3 Å². The molecule has 0 bridgehead atoms. The van der Waals surface area contributed by atoms with Gasteiger partial charge in [0, 0.05) is 30.3 Å². The van der Waals surface area contributed by atoms with Crippen molar-refractivity contribution in [2.24, 2.45) is 28.5 Å². The van der Waals surface area contributed by atoms with E-state index in [1.807, 2.05) is 13.1 Å². The smallest absolute Gasteiger partial charge is 0.225 e. The predicted molar refractivity (Wildman–Crippen MR) is 136 cm³/mol. The van der Waals surface area contributed by atoms with Gasteiger partial charge in [-0.05, 0) is 54.5 Å². The average Bonchev–Trinajstić information content (AvgIpc) is 3.23. The summed E-state index contributed by atoms with van der Waals surface area (Å²) in [7, 11) is 0. The summed E-state index contributed by atoms with van der Waals surface area (Å²) in [6, 6.07) is 5.62. The number of benzene rings is 1. The van der Waals surface area contributed by atoms with Gasteiger partial charge in [0.1, 0.15) is 11.6 Å². The zero-order valence-corrected chi connectivity index (χ0v) is 20.5. The van der Waals surface area contributed by atoms with E-state index in [9.17, 15) is 5.11 Å². The Hall–Kier alpha value is -3.21. The maximum atomic E-state index is 15.1. The second-order valence-electron chi connectivity index (χ2n) is 10.5. The second-order valence-corrected chi connectivity index (χ2v) is 10.5. The van der Waals surface area contributed by atoms with Crippen LogP contribution in [0.4, 0.5) is 14.7 Å². The number of halogens is 2. The molecular weight excluding hydrogens is 478 g/mol. The van der Waals surface area contributed by atoms with Gasteiger partial charge in [-0.25, -0.2) is 13.8 Å². The van der Waals surface area contributed by atoms with Gasteiger partial charge in [0.25, 0.3) is 0 Å². The number of ether oxygens (including phenoxy) is 1. The van der Waals surface area contributed by atoms with Crippen molar-refractivity contribution in [2.75, 3.05) is 18.5 Å². The van der Waals surface area contributed by atoms with Gasteiger partial charge in [0.15, 0.2) is 0 Å². The van der Waals surface area contributed by atoms with E-state index in [1.165, 1.54) is 12.1 Å². The Labute approximate surface area is 213 Å². The number of aliphatic hydroxyl groups excluding tert-OH is 1. The van der Waals surface area contributed by atoms with Gasteiger partial charge in [0.2, 0.25) is 5.95 Å². The highest BCUT2D eigenvalue weighted by Gasteiger charge is 2.38. The highest BCUT2D eigenvalue weighted by molar-refractivity contribution is 5.72. The highest BCUT2D eigenvalue weighted by atomic mass is 19.1. The third kappa shape index (κ3) is 4.43. The Balaban J connectivity index is 1.29. The maximum Gasteiger partial charge on any atom is 0.225 e. The van der Waals surface area contributed by atoms with Crippen molar-refractivity contribution in [1.29, 1.82) is 0 Å². The summed E-state index contributed by atoms with van der Waals surface area (Å²) >= 11 is 0. The van der Waals surface area contributed by atoms with E-state index in [0.717, 1.165) is 6.42 Å². The van der Waals surface area contributed by atoms with Crippen LogP contribution in [0.25, 0.3) is 16.8 Å². The molecule has 3 aliphatic rings. The highest BCUT2D eigenvalue weighted by Crippen LogP contribution is 2.37. The third-order valence-corrected chi connectivity index (χ3v) is 7.98. The van der Waals surface area contributed by atoms with Crippen LogP contribution in [0.15, 0.2) is 47.7 Å². The van der Waals surface area contributed by atoms with Crippen LogP contribution < -0.4 is 11.1 Å². The van der Waals surface area contributed by atoms with E-state index in [2.05, 4.69) is 26.5 Å². The van der Waals surface area contributed by atoms with E-state index in [-0.39, 0.29) is 47.0 Å².